The topological polar surface area (TPSA) is 56.5 Å². The molecule has 0 aliphatic heterocycles. The van der Waals surface area contributed by atoms with E-state index in [0.717, 1.165) is 0 Å². The summed E-state index contributed by atoms with van der Waals surface area (Å²) >= 11 is 0. The van der Waals surface area contributed by atoms with E-state index in [9.17, 15) is 9.59 Å². The zero-order valence-electron chi connectivity index (χ0n) is 16.8. The average molecular weight is 356 g/mol. The summed E-state index contributed by atoms with van der Waals surface area (Å²) in [4.78, 5) is 25.0. The van der Waals surface area contributed by atoms with Crippen LogP contribution in [0.15, 0.2) is 33.0 Å². The number of rotatable bonds is 5. The Morgan fingerprint density at radius 3 is 2.42 bits per heavy atom. The van der Waals surface area contributed by atoms with Gasteiger partial charge < -0.3 is 9.15 Å². The van der Waals surface area contributed by atoms with Gasteiger partial charge in [0.15, 0.2) is 11.2 Å². The first kappa shape index (κ1) is 18.7. The van der Waals surface area contributed by atoms with E-state index in [4.69, 9.17) is 9.15 Å². The molecule has 140 valence electrons. The maximum atomic E-state index is 12.7. The van der Waals surface area contributed by atoms with Crippen molar-refractivity contribution in [3.05, 3.63) is 50.9 Å². The van der Waals surface area contributed by atoms with Crippen LogP contribution in [0.25, 0.3) is 0 Å². The molecule has 1 fully saturated rings. The van der Waals surface area contributed by atoms with Crippen LogP contribution in [0.4, 0.5) is 0 Å². The lowest BCUT2D eigenvalue weighted by molar-refractivity contribution is -0.115. The zero-order valence-corrected chi connectivity index (χ0v) is 16.8. The first-order valence-electron chi connectivity index (χ1n) is 9.16. The fourth-order valence-electron chi connectivity index (χ4n) is 5.29. The van der Waals surface area contributed by atoms with Crippen molar-refractivity contribution in [1.82, 2.24) is 0 Å². The number of ether oxygens (including phenoxy) is 1. The van der Waals surface area contributed by atoms with Crippen LogP contribution in [-0.4, -0.2) is 12.9 Å². The van der Waals surface area contributed by atoms with Crippen molar-refractivity contribution >= 4 is 5.78 Å². The molecular weight excluding hydrogens is 328 g/mol. The minimum atomic E-state index is -0.363. The van der Waals surface area contributed by atoms with Crippen LogP contribution in [-0.2, 0) is 10.2 Å². The number of carbonyl (C=O) groups is 1. The molecule has 1 aromatic rings. The minimum absolute atomic E-state index is 0.00514. The molecule has 26 heavy (non-hydrogen) atoms. The Morgan fingerprint density at radius 1 is 1.27 bits per heavy atom. The number of Topliss-reactive ketones (excluding diaryl/α,β-unsaturated/α-hetero) is 1. The standard InChI is InChI=1S/C22H28O4/c1-9-15(23)12(3)16-11(2)10-21(6)18(16)22(21,7)19-13(4)17(24)14(5)20(25-8)26-19/h10,16,18H,3,9H2,1-2,4-8H3. The van der Waals surface area contributed by atoms with Gasteiger partial charge in [0.05, 0.1) is 12.7 Å². The zero-order chi connectivity index (χ0) is 19.6. The van der Waals surface area contributed by atoms with Gasteiger partial charge in [0.1, 0.15) is 5.76 Å². The monoisotopic (exact) mass is 356 g/mol. The molecule has 0 radical (unpaired) electrons. The summed E-state index contributed by atoms with van der Waals surface area (Å²) in [6, 6.07) is 0. The third-order valence-electron chi connectivity index (χ3n) is 6.89. The molecule has 0 bridgehead atoms. The number of methoxy groups -OCH3 is 1. The number of hydrogen-bond acceptors (Lipinski definition) is 4. The second-order valence-corrected chi connectivity index (χ2v) is 8.13. The molecule has 1 aromatic heterocycles. The SMILES string of the molecule is C=C(C(=O)CC)C1C(C)=CC2(C)C1C2(C)c1oc(OC)c(C)c(=O)c1C. The fourth-order valence-corrected chi connectivity index (χ4v) is 5.29. The van der Waals surface area contributed by atoms with Crippen molar-refractivity contribution in [2.24, 2.45) is 17.3 Å². The Labute approximate surface area is 154 Å². The Balaban J connectivity index is 2.15. The van der Waals surface area contributed by atoms with Crippen molar-refractivity contribution in [1.29, 1.82) is 0 Å². The molecule has 1 heterocycles. The molecule has 0 aromatic carbocycles. The number of fused-ring (bicyclic) bond motifs is 1. The van der Waals surface area contributed by atoms with Crippen LogP contribution in [0.3, 0.4) is 0 Å². The predicted octanol–water partition coefficient (Wildman–Crippen LogP) is 4.27. The lowest BCUT2D eigenvalue weighted by Gasteiger charge is -2.24. The summed E-state index contributed by atoms with van der Waals surface area (Å²) < 4.78 is 11.4. The molecule has 4 nitrogen and oxygen atoms in total. The average Bonchev–Trinajstić information content (AvgIpc) is 2.92. The Morgan fingerprint density at radius 2 is 1.88 bits per heavy atom. The van der Waals surface area contributed by atoms with Crippen LogP contribution in [0, 0.1) is 31.1 Å². The van der Waals surface area contributed by atoms with Gasteiger partial charge in [-0.05, 0) is 32.3 Å². The number of ketones is 1. The predicted molar refractivity (Wildman–Crippen MR) is 102 cm³/mol. The Kier molecular flexibility index (Phi) is 4.10. The molecule has 1 saturated carbocycles. The van der Waals surface area contributed by atoms with Gasteiger partial charge in [0.25, 0.3) is 5.95 Å². The maximum absolute atomic E-state index is 12.7. The first-order chi connectivity index (χ1) is 12.1. The lowest BCUT2D eigenvalue weighted by Crippen LogP contribution is -2.24. The highest BCUT2D eigenvalue weighted by molar-refractivity contribution is 5.96. The summed E-state index contributed by atoms with van der Waals surface area (Å²) in [7, 11) is 1.51. The molecule has 0 spiro atoms. The molecule has 4 heteroatoms. The Bertz CT molecular complexity index is 903. The van der Waals surface area contributed by atoms with Gasteiger partial charge >= 0.3 is 0 Å². The van der Waals surface area contributed by atoms with E-state index in [-0.39, 0.29) is 39.8 Å². The summed E-state index contributed by atoms with van der Waals surface area (Å²) in [5.74, 6) is 1.19. The second-order valence-electron chi connectivity index (χ2n) is 8.13. The van der Waals surface area contributed by atoms with Crippen molar-refractivity contribution in [2.75, 3.05) is 7.11 Å². The maximum Gasteiger partial charge on any atom is 0.291 e. The van der Waals surface area contributed by atoms with Gasteiger partial charge in [-0.15, -0.1) is 0 Å². The van der Waals surface area contributed by atoms with E-state index in [1.165, 1.54) is 12.7 Å². The largest absolute Gasteiger partial charge is 0.468 e. The molecular formula is C22H28O4. The third-order valence-corrected chi connectivity index (χ3v) is 6.89. The molecule has 2 aliphatic rings. The molecule has 3 rings (SSSR count). The van der Waals surface area contributed by atoms with Crippen LogP contribution < -0.4 is 10.2 Å². The van der Waals surface area contributed by atoms with E-state index in [1.54, 1.807) is 6.92 Å². The van der Waals surface area contributed by atoms with Gasteiger partial charge in [0, 0.05) is 28.7 Å². The highest BCUT2D eigenvalue weighted by Crippen LogP contribution is 2.78. The third kappa shape index (κ3) is 2.07. The highest BCUT2D eigenvalue weighted by Gasteiger charge is 2.77. The second kappa shape index (κ2) is 5.70. The van der Waals surface area contributed by atoms with Gasteiger partial charge in [-0.25, -0.2) is 0 Å². The molecule has 2 aliphatic carbocycles. The van der Waals surface area contributed by atoms with Crippen molar-refractivity contribution in [3.63, 3.8) is 0 Å². The molecule has 0 N–H and O–H groups in total. The normalized spacial score (nSPS) is 32.0. The summed E-state index contributed by atoms with van der Waals surface area (Å²) in [5, 5.41) is 0. The van der Waals surface area contributed by atoms with E-state index in [2.05, 4.69) is 33.4 Å². The van der Waals surface area contributed by atoms with Crippen LogP contribution in [0.5, 0.6) is 5.95 Å². The minimum Gasteiger partial charge on any atom is -0.468 e. The fraction of sp³-hybridized carbons (Fsp3) is 0.545. The van der Waals surface area contributed by atoms with E-state index >= 15 is 0 Å². The Hall–Kier alpha value is -2.10. The van der Waals surface area contributed by atoms with Crippen LogP contribution >= 0.6 is 0 Å². The van der Waals surface area contributed by atoms with Crippen molar-refractivity contribution in [3.8, 4) is 5.95 Å². The van der Waals surface area contributed by atoms with Crippen molar-refractivity contribution < 1.29 is 13.9 Å². The number of carbonyl (C=O) groups excluding carboxylic acids is 1. The van der Waals surface area contributed by atoms with Gasteiger partial charge in [-0.2, -0.15) is 0 Å². The molecule has 0 amide bonds. The van der Waals surface area contributed by atoms with Crippen LogP contribution in [0.1, 0.15) is 51.0 Å². The molecule has 4 unspecified atom stereocenters. The van der Waals surface area contributed by atoms with Crippen LogP contribution in [0.2, 0.25) is 0 Å². The quantitative estimate of drug-likeness (QED) is 0.584. The lowest BCUT2D eigenvalue weighted by atomic mass is 9.80. The van der Waals surface area contributed by atoms with Gasteiger partial charge in [-0.1, -0.05) is 39.0 Å². The van der Waals surface area contributed by atoms with E-state index in [1.807, 2.05) is 13.8 Å². The van der Waals surface area contributed by atoms with Crippen molar-refractivity contribution in [2.45, 2.75) is 53.4 Å². The smallest absolute Gasteiger partial charge is 0.291 e. The number of allylic oxidation sites excluding steroid dienone is 3. The molecule has 0 saturated heterocycles. The highest BCUT2D eigenvalue weighted by atomic mass is 16.6. The summed E-state index contributed by atoms with van der Waals surface area (Å²) in [5.41, 5.74) is 2.39. The van der Waals surface area contributed by atoms with Gasteiger partial charge in [-0.3, -0.25) is 9.59 Å². The van der Waals surface area contributed by atoms with E-state index in [0.29, 0.717) is 28.9 Å². The number of hydrogen-bond donors (Lipinski definition) is 0. The summed E-state index contributed by atoms with van der Waals surface area (Å²) in [6.45, 7) is 15.9. The van der Waals surface area contributed by atoms with Gasteiger partial charge in [0.2, 0.25) is 0 Å². The summed E-state index contributed by atoms with van der Waals surface area (Å²) in [6.07, 6.45) is 2.69. The first-order valence-corrected chi connectivity index (χ1v) is 9.16. The molecule has 4 atom stereocenters. The van der Waals surface area contributed by atoms with E-state index < -0.39 is 0 Å².